The highest BCUT2D eigenvalue weighted by Crippen LogP contribution is 2.12. The van der Waals surface area contributed by atoms with Gasteiger partial charge in [-0.1, -0.05) is 0 Å². The van der Waals surface area contributed by atoms with Crippen molar-refractivity contribution in [3.05, 3.63) is 0 Å². The van der Waals surface area contributed by atoms with Gasteiger partial charge in [-0.15, -0.1) is 0 Å². The van der Waals surface area contributed by atoms with Crippen molar-refractivity contribution in [2.45, 2.75) is 12.8 Å². The summed E-state index contributed by atoms with van der Waals surface area (Å²) in [6, 6.07) is 0. The Balaban J connectivity index is 2.33. The predicted molar refractivity (Wildman–Crippen MR) is 43.0 cm³/mol. The first-order valence-electron chi connectivity index (χ1n) is 3.87. The van der Waals surface area contributed by atoms with Crippen LogP contribution in [0.2, 0.25) is 0 Å². The molecule has 0 spiro atoms. The third-order valence-electron chi connectivity index (χ3n) is 1.90. The zero-order valence-electron chi connectivity index (χ0n) is 6.75. The molecule has 1 aliphatic heterocycles. The molecule has 0 aromatic rings. The van der Waals surface area contributed by atoms with Crippen LogP contribution in [0.1, 0.15) is 12.8 Å². The smallest absolute Gasteiger partial charge is 0.176 e. The summed E-state index contributed by atoms with van der Waals surface area (Å²) in [6.45, 7) is 1.46. The first-order valence-corrected chi connectivity index (χ1v) is 3.87. The van der Waals surface area contributed by atoms with Gasteiger partial charge in [-0.25, -0.2) is 0 Å². The van der Waals surface area contributed by atoms with E-state index in [0.717, 1.165) is 19.4 Å². The standard InChI is InChI=1S/C8H13NO2/c1-11-5-3-7-2-4-9-6-8(7)10/h6-7H,2-5H2,1H3. The predicted octanol–water partition coefficient (Wildman–Crippen LogP) is 0.683. The molecule has 0 radical (unpaired) electrons. The van der Waals surface area contributed by atoms with Gasteiger partial charge in [0.2, 0.25) is 0 Å². The highest BCUT2D eigenvalue weighted by Gasteiger charge is 2.18. The van der Waals surface area contributed by atoms with Crippen molar-refractivity contribution in [2.75, 3.05) is 20.3 Å². The zero-order valence-corrected chi connectivity index (χ0v) is 6.75. The van der Waals surface area contributed by atoms with Crippen LogP contribution in [0.5, 0.6) is 0 Å². The molecular formula is C8H13NO2. The minimum Gasteiger partial charge on any atom is -0.385 e. The molecule has 1 heterocycles. The molecule has 62 valence electrons. The lowest BCUT2D eigenvalue weighted by Gasteiger charge is -2.14. The maximum Gasteiger partial charge on any atom is 0.176 e. The van der Waals surface area contributed by atoms with Crippen molar-refractivity contribution in [1.29, 1.82) is 0 Å². The molecule has 3 nitrogen and oxygen atoms in total. The van der Waals surface area contributed by atoms with Crippen molar-refractivity contribution in [2.24, 2.45) is 10.9 Å². The number of ether oxygens (including phenoxy) is 1. The monoisotopic (exact) mass is 155 g/mol. The van der Waals surface area contributed by atoms with E-state index in [1.165, 1.54) is 6.21 Å². The van der Waals surface area contributed by atoms with Crippen molar-refractivity contribution < 1.29 is 9.53 Å². The van der Waals surface area contributed by atoms with E-state index in [2.05, 4.69) is 4.99 Å². The number of ketones is 1. The first-order chi connectivity index (χ1) is 5.34. The Morgan fingerprint density at radius 1 is 1.82 bits per heavy atom. The van der Waals surface area contributed by atoms with Crippen LogP contribution in [0, 0.1) is 5.92 Å². The lowest BCUT2D eigenvalue weighted by molar-refractivity contribution is -0.117. The van der Waals surface area contributed by atoms with E-state index in [-0.39, 0.29) is 11.7 Å². The van der Waals surface area contributed by atoms with Crippen molar-refractivity contribution >= 4 is 12.0 Å². The van der Waals surface area contributed by atoms with E-state index in [1.54, 1.807) is 7.11 Å². The molecule has 1 aliphatic rings. The van der Waals surface area contributed by atoms with Gasteiger partial charge in [0, 0.05) is 26.2 Å². The fraction of sp³-hybridized carbons (Fsp3) is 0.750. The van der Waals surface area contributed by atoms with Gasteiger partial charge in [-0.2, -0.15) is 0 Å². The topological polar surface area (TPSA) is 38.7 Å². The number of methoxy groups -OCH3 is 1. The Bertz CT molecular complexity index is 165. The molecule has 0 N–H and O–H groups in total. The Morgan fingerprint density at radius 2 is 2.64 bits per heavy atom. The molecule has 1 rings (SSSR count). The molecule has 0 aliphatic carbocycles. The van der Waals surface area contributed by atoms with Gasteiger partial charge in [-0.3, -0.25) is 9.79 Å². The van der Waals surface area contributed by atoms with E-state index >= 15 is 0 Å². The molecule has 0 saturated carbocycles. The van der Waals surface area contributed by atoms with E-state index in [0.29, 0.717) is 6.61 Å². The highest BCUT2D eigenvalue weighted by atomic mass is 16.5. The summed E-state index contributed by atoms with van der Waals surface area (Å²) in [5, 5.41) is 0. The Kier molecular flexibility index (Phi) is 3.23. The third-order valence-corrected chi connectivity index (χ3v) is 1.90. The average Bonchev–Trinajstić information content (AvgIpc) is 2.03. The second-order valence-corrected chi connectivity index (χ2v) is 2.70. The summed E-state index contributed by atoms with van der Waals surface area (Å²) >= 11 is 0. The number of aliphatic imine (C=N–C) groups is 1. The Labute approximate surface area is 66.5 Å². The molecule has 3 heteroatoms. The molecule has 0 aromatic carbocycles. The molecule has 0 aromatic heterocycles. The second-order valence-electron chi connectivity index (χ2n) is 2.70. The van der Waals surface area contributed by atoms with Crippen LogP contribution in [0.25, 0.3) is 0 Å². The summed E-state index contributed by atoms with van der Waals surface area (Å²) in [5.41, 5.74) is 0. The summed E-state index contributed by atoms with van der Waals surface area (Å²) in [7, 11) is 1.65. The van der Waals surface area contributed by atoms with Gasteiger partial charge in [0.05, 0.1) is 6.21 Å². The van der Waals surface area contributed by atoms with Crippen LogP contribution >= 0.6 is 0 Å². The van der Waals surface area contributed by atoms with Crippen LogP contribution in [-0.4, -0.2) is 32.3 Å². The SMILES string of the molecule is COCCC1CCN=CC1=O. The molecule has 1 atom stereocenters. The zero-order chi connectivity index (χ0) is 8.10. The minimum atomic E-state index is 0.160. The number of hydrogen-bond acceptors (Lipinski definition) is 3. The van der Waals surface area contributed by atoms with Gasteiger partial charge in [0.15, 0.2) is 5.78 Å². The highest BCUT2D eigenvalue weighted by molar-refractivity contribution is 6.28. The number of hydrogen-bond donors (Lipinski definition) is 0. The minimum absolute atomic E-state index is 0.160. The summed E-state index contributed by atoms with van der Waals surface area (Å²) in [4.78, 5) is 15.0. The van der Waals surface area contributed by atoms with Gasteiger partial charge in [-0.05, 0) is 12.8 Å². The largest absolute Gasteiger partial charge is 0.385 e. The fourth-order valence-electron chi connectivity index (χ4n) is 1.18. The number of rotatable bonds is 3. The summed E-state index contributed by atoms with van der Waals surface area (Å²) in [6.07, 6.45) is 3.17. The lowest BCUT2D eigenvalue weighted by Crippen LogP contribution is -2.22. The van der Waals surface area contributed by atoms with Crippen molar-refractivity contribution in [3.63, 3.8) is 0 Å². The summed E-state index contributed by atoms with van der Waals surface area (Å²) < 4.78 is 4.90. The molecule has 0 fully saturated rings. The lowest BCUT2D eigenvalue weighted by atomic mass is 9.95. The molecule has 11 heavy (non-hydrogen) atoms. The van der Waals surface area contributed by atoms with Gasteiger partial charge in [0.1, 0.15) is 0 Å². The van der Waals surface area contributed by atoms with Gasteiger partial charge < -0.3 is 4.74 Å². The van der Waals surface area contributed by atoms with Crippen LogP contribution in [0.3, 0.4) is 0 Å². The maximum atomic E-state index is 11.1. The Hall–Kier alpha value is -0.700. The second kappa shape index (κ2) is 4.23. The number of carbonyl (C=O) groups is 1. The first kappa shape index (κ1) is 8.40. The van der Waals surface area contributed by atoms with Gasteiger partial charge in [0.25, 0.3) is 0 Å². The maximum absolute atomic E-state index is 11.1. The molecular weight excluding hydrogens is 142 g/mol. The quantitative estimate of drug-likeness (QED) is 0.601. The number of nitrogens with zero attached hydrogens (tertiary/aromatic N) is 1. The fourth-order valence-corrected chi connectivity index (χ4v) is 1.18. The average molecular weight is 155 g/mol. The van der Waals surface area contributed by atoms with E-state index < -0.39 is 0 Å². The summed E-state index contributed by atoms with van der Waals surface area (Å²) in [5.74, 6) is 0.320. The normalized spacial score (nSPS) is 24.1. The third kappa shape index (κ3) is 2.42. The molecule has 0 amide bonds. The van der Waals surface area contributed by atoms with Crippen LogP contribution < -0.4 is 0 Å². The van der Waals surface area contributed by atoms with E-state index in [9.17, 15) is 4.79 Å². The molecule has 0 bridgehead atoms. The van der Waals surface area contributed by atoms with Crippen LogP contribution in [-0.2, 0) is 9.53 Å². The molecule has 0 saturated heterocycles. The van der Waals surface area contributed by atoms with Crippen LogP contribution in [0.4, 0.5) is 0 Å². The molecule has 1 unspecified atom stereocenters. The number of carbonyl (C=O) groups excluding carboxylic acids is 1. The van der Waals surface area contributed by atoms with Crippen molar-refractivity contribution in [1.82, 2.24) is 0 Å². The number of Topliss-reactive ketones (excluding diaryl/α,β-unsaturated/α-hetero) is 1. The van der Waals surface area contributed by atoms with E-state index in [1.807, 2.05) is 0 Å². The van der Waals surface area contributed by atoms with Gasteiger partial charge >= 0.3 is 0 Å². The Morgan fingerprint density at radius 3 is 3.27 bits per heavy atom. The van der Waals surface area contributed by atoms with Crippen molar-refractivity contribution in [3.8, 4) is 0 Å². The van der Waals surface area contributed by atoms with E-state index in [4.69, 9.17) is 4.74 Å². The van der Waals surface area contributed by atoms with Crippen LogP contribution in [0.15, 0.2) is 4.99 Å².